The second kappa shape index (κ2) is 11.0. The average Bonchev–Trinajstić information content (AvgIpc) is 2.95. The molecular weight excluding hydrogens is 616 g/mol. The van der Waals surface area contributed by atoms with E-state index in [4.69, 9.17) is 37.9 Å². The van der Waals surface area contributed by atoms with Crippen molar-refractivity contribution in [2.24, 2.45) is 0 Å². The number of hydrogen-bond donors (Lipinski definition) is 1. The van der Waals surface area contributed by atoms with Crippen molar-refractivity contribution in [3.63, 3.8) is 0 Å². The average molecular weight is 645 g/mol. The first-order valence-electron chi connectivity index (χ1n) is 14.5. The third kappa shape index (κ3) is 5.93. The highest BCUT2D eigenvalue weighted by Gasteiger charge is 2.57. The van der Waals surface area contributed by atoms with Crippen LogP contribution < -0.4 is 0 Å². The number of carbonyl (C=O) groups is 7. The van der Waals surface area contributed by atoms with Crippen LogP contribution in [0.1, 0.15) is 71.1 Å². The summed E-state index contributed by atoms with van der Waals surface area (Å²) < 4.78 is 42.9. The molecule has 0 atom stereocenters. The zero-order chi connectivity index (χ0) is 32.9. The Morgan fingerprint density at radius 1 is 0.565 bits per heavy atom. The highest BCUT2D eigenvalue weighted by Crippen LogP contribution is 2.46. The molecule has 244 valence electrons. The molecule has 3 saturated heterocycles. The van der Waals surface area contributed by atoms with Gasteiger partial charge in [-0.3, -0.25) is 19.2 Å². The Kier molecular flexibility index (Phi) is 7.40. The van der Waals surface area contributed by atoms with Gasteiger partial charge in [0.05, 0.1) is 0 Å². The van der Waals surface area contributed by atoms with Gasteiger partial charge in [0.1, 0.15) is 24.0 Å². The number of hydrogen-bond acceptors (Lipinski definition) is 16. The van der Waals surface area contributed by atoms with Crippen molar-refractivity contribution in [3.05, 3.63) is 47.0 Å². The standard InChI is InChI=1S/C30H28O16/c1-16(2-4-17-23(35)43-29(44-24(17)36)10-6-27(7-11-29)39-19(31)14-20(32)40-27)3-5-18-25(37)45-30(46-26(18)38)12-8-28(9-13-30)41-21(33)15-22(34)42-28/h2-5,35H,6-15H2,1H3/b4-2+,16-3+. The molecule has 4 aliphatic heterocycles. The Morgan fingerprint density at radius 3 is 1.35 bits per heavy atom. The van der Waals surface area contributed by atoms with E-state index in [1.54, 1.807) is 6.92 Å². The third-order valence-electron chi connectivity index (χ3n) is 8.36. The summed E-state index contributed by atoms with van der Waals surface area (Å²) in [7, 11) is 0. The fourth-order valence-corrected chi connectivity index (χ4v) is 5.97. The van der Waals surface area contributed by atoms with Crippen LogP contribution in [0.4, 0.5) is 0 Å². The molecule has 6 rings (SSSR count). The predicted molar refractivity (Wildman–Crippen MR) is 141 cm³/mol. The number of rotatable bonds is 3. The van der Waals surface area contributed by atoms with Gasteiger partial charge in [0, 0.05) is 51.4 Å². The molecule has 0 amide bonds. The van der Waals surface area contributed by atoms with E-state index >= 15 is 0 Å². The van der Waals surface area contributed by atoms with Crippen molar-refractivity contribution >= 4 is 41.8 Å². The minimum absolute atomic E-state index is 0.00958. The highest BCUT2D eigenvalue weighted by atomic mass is 16.8. The van der Waals surface area contributed by atoms with Crippen molar-refractivity contribution in [1.82, 2.24) is 0 Å². The van der Waals surface area contributed by atoms with E-state index in [0.717, 1.165) is 0 Å². The molecule has 46 heavy (non-hydrogen) atoms. The summed E-state index contributed by atoms with van der Waals surface area (Å²) in [5.74, 6) is -12.5. The zero-order valence-corrected chi connectivity index (χ0v) is 24.5. The topological polar surface area (TPSA) is 214 Å². The molecule has 2 aliphatic carbocycles. The number of ether oxygens (including phenoxy) is 8. The summed E-state index contributed by atoms with van der Waals surface area (Å²) in [4.78, 5) is 85.1. The molecule has 5 fully saturated rings. The lowest BCUT2D eigenvalue weighted by Gasteiger charge is -2.45. The Bertz CT molecular complexity index is 1500. The molecule has 1 N–H and O–H groups in total. The van der Waals surface area contributed by atoms with Crippen LogP contribution in [0.25, 0.3) is 0 Å². The first-order chi connectivity index (χ1) is 21.7. The molecule has 0 unspecified atom stereocenters. The summed E-state index contributed by atoms with van der Waals surface area (Å²) in [5, 5.41) is 10.5. The van der Waals surface area contributed by atoms with Crippen molar-refractivity contribution in [3.8, 4) is 0 Å². The van der Waals surface area contributed by atoms with Gasteiger partial charge in [-0.2, -0.15) is 0 Å². The van der Waals surface area contributed by atoms with Gasteiger partial charge < -0.3 is 43.0 Å². The number of allylic oxidation sites excluding steroid dienone is 4. The van der Waals surface area contributed by atoms with E-state index in [1.807, 2.05) is 0 Å². The molecule has 16 heteroatoms. The van der Waals surface area contributed by atoms with Crippen LogP contribution in [0.5, 0.6) is 0 Å². The predicted octanol–water partition coefficient (Wildman–Crippen LogP) is 1.77. The summed E-state index contributed by atoms with van der Waals surface area (Å²) in [5.41, 5.74) is -0.268. The van der Waals surface area contributed by atoms with Gasteiger partial charge in [0.25, 0.3) is 29.1 Å². The Balaban J connectivity index is 1.06. The van der Waals surface area contributed by atoms with Gasteiger partial charge >= 0.3 is 41.8 Å². The normalized spacial score (nSPS) is 28.7. The molecule has 4 spiro atoms. The zero-order valence-electron chi connectivity index (χ0n) is 24.5. The largest absolute Gasteiger partial charge is 0.480 e. The number of esters is 7. The maximum atomic E-state index is 12.8. The molecule has 0 radical (unpaired) electrons. The van der Waals surface area contributed by atoms with Crippen LogP contribution in [0.2, 0.25) is 0 Å². The second-order valence-corrected chi connectivity index (χ2v) is 11.7. The van der Waals surface area contributed by atoms with Crippen molar-refractivity contribution < 1.29 is 76.6 Å². The van der Waals surface area contributed by atoms with E-state index in [1.165, 1.54) is 24.3 Å². The van der Waals surface area contributed by atoms with Gasteiger partial charge in [-0.1, -0.05) is 17.7 Å². The van der Waals surface area contributed by atoms with E-state index in [-0.39, 0.29) is 56.9 Å². The molecule has 6 aliphatic rings. The van der Waals surface area contributed by atoms with Gasteiger partial charge in [-0.05, 0) is 19.1 Å². The Hall–Kier alpha value is -5.15. The van der Waals surface area contributed by atoms with Gasteiger partial charge in [-0.25, -0.2) is 14.4 Å². The van der Waals surface area contributed by atoms with Crippen molar-refractivity contribution in [1.29, 1.82) is 0 Å². The van der Waals surface area contributed by atoms with Gasteiger partial charge in [0.2, 0.25) is 0 Å². The van der Waals surface area contributed by atoms with Crippen LogP contribution >= 0.6 is 0 Å². The smallest absolute Gasteiger partial charge is 0.348 e. The lowest BCUT2D eigenvalue weighted by molar-refractivity contribution is -0.300. The maximum absolute atomic E-state index is 12.8. The fourth-order valence-electron chi connectivity index (χ4n) is 5.97. The summed E-state index contributed by atoms with van der Waals surface area (Å²) in [6.07, 6.45) is 3.94. The molecule has 0 bridgehead atoms. The molecule has 0 aromatic heterocycles. The highest BCUT2D eigenvalue weighted by molar-refractivity contribution is 6.15. The Morgan fingerprint density at radius 2 is 0.935 bits per heavy atom. The number of aliphatic hydroxyl groups is 1. The molecule has 4 heterocycles. The van der Waals surface area contributed by atoms with Crippen LogP contribution in [-0.4, -0.2) is 70.0 Å². The first-order valence-corrected chi connectivity index (χ1v) is 14.5. The molecule has 16 nitrogen and oxygen atoms in total. The lowest BCUT2D eigenvalue weighted by Crippen LogP contribution is -2.55. The maximum Gasteiger partial charge on any atom is 0.348 e. The van der Waals surface area contributed by atoms with Crippen LogP contribution in [0, 0.1) is 0 Å². The molecule has 0 aromatic rings. The summed E-state index contributed by atoms with van der Waals surface area (Å²) in [6, 6.07) is 0. The molecular formula is C30H28O16. The van der Waals surface area contributed by atoms with Gasteiger partial charge in [0.15, 0.2) is 0 Å². The number of carbonyl (C=O) groups excluding carboxylic acids is 7. The van der Waals surface area contributed by atoms with Crippen LogP contribution in [0.15, 0.2) is 47.0 Å². The molecule has 0 aromatic carbocycles. The van der Waals surface area contributed by atoms with E-state index in [9.17, 15) is 38.7 Å². The van der Waals surface area contributed by atoms with Crippen LogP contribution in [0.3, 0.4) is 0 Å². The quantitative estimate of drug-likeness (QED) is 0.116. The number of aliphatic hydroxyl groups excluding tert-OH is 1. The van der Waals surface area contributed by atoms with E-state index < -0.39 is 89.3 Å². The SMILES string of the molecule is CC(/C=C/C1=C(O)OC2(CCC3(CC2)OC(=O)CC(=O)O3)OC1=O)=C\C=C1C(=O)OC2(CCC3(CC2)OC(=O)CC(=O)O3)OC1=O. The van der Waals surface area contributed by atoms with Crippen LogP contribution in [-0.2, 0) is 71.5 Å². The van der Waals surface area contributed by atoms with E-state index in [0.29, 0.717) is 5.57 Å². The fraction of sp³-hybridized carbons (Fsp3) is 0.500. The van der Waals surface area contributed by atoms with E-state index in [2.05, 4.69) is 0 Å². The second-order valence-electron chi connectivity index (χ2n) is 11.7. The summed E-state index contributed by atoms with van der Waals surface area (Å²) in [6.45, 7) is 1.59. The van der Waals surface area contributed by atoms with Crippen molar-refractivity contribution in [2.45, 2.75) is 94.3 Å². The van der Waals surface area contributed by atoms with Gasteiger partial charge in [-0.15, -0.1) is 0 Å². The Labute approximate surface area is 259 Å². The molecule has 2 saturated carbocycles. The lowest BCUT2D eigenvalue weighted by atomic mass is 9.87. The summed E-state index contributed by atoms with van der Waals surface area (Å²) >= 11 is 0. The van der Waals surface area contributed by atoms with Crippen molar-refractivity contribution in [2.75, 3.05) is 0 Å². The minimum Gasteiger partial charge on any atom is -0.480 e. The monoisotopic (exact) mass is 644 g/mol. The third-order valence-corrected chi connectivity index (χ3v) is 8.36. The minimum atomic E-state index is -1.60. The first kappa shape index (κ1) is 30.9.